The van der Waals surface area contributed by atoms with Crippen LogP contribution in [0.25, 0.3) is 0 Å². The Balaban J connectivity index is 1.58. The normalized spacial score (nSPS) is 21.0. The van der Waals surface area contributed by atoms with Crippen LogP contribution in [0.1, 0.15) is 63.9 Å². The molecule has 1 saturated carbocycles. The van der Waals surface area contributed by atoms with E-state index in [9.17, 15) is 4.79 Å². The van der Waals surface area contributed by atoms with Gasteiger partial charge in [-0.05, 0) is 69.9 Å². The number of benzene rings is 1. The Morgan fingerprint density at radius 3 is 2.41 bits per heavy atom. The van der Waals surface area contributed by atoms with Crippen molar-refractivity contribution in [3.8, 4) is 0 Å². The Morgan fingerprint density at radius 2 is 1.70 bits per heavy atom. The number of piperidine rings is 1. The average Bonchev–Trinajstić information content (AvgIpc) is 2.69. The second-order valence-electron chi connectivity index (χ2n) is 8.65. The zero-order chi connectivity index (χ0) is 19.0. The van der Waals surface area contributed by atoms with Crippen LogP contribution in [0.4, 0.5) is 0 Å². The summed E-state index contributed by atoms with van der Waals surface area (Å²) in [6, 6.07) is 10.6. The molecule has 1 aliphatic carbocycles. The first-order chi connectivity index (χ1) is 13.2. The van der Waals surface area contributed by atoms with Gasteiger partial charge in [0.15, 0.2) is 6.54 Å². The molecule has 0 amide bonds. The molecule has 3 rings (SSSR count). The van der Waals surface area contributed by atoms with E-state index in [1.54, 1.807) is 0 Å². The summed E-state index contributed by atoms with van der Waals surface area (Å²) in [5.74, 6) is 0.0258. The Bertz CT molecular complexity index is 611. The molecule has 0 atom stereocenters. The molecule has 0 radical (unpaired) electrons. The maximum absolute atomic E-state index is 12.7. The van der Waals surface area contributed by atoms with Crippen LogP contribution in [-0.4, -0.2) is 42.7 Å². The van der Waals surface area contributed by atoms with Crippen molar-refractivity contribution in [3.63, 3.8) is 0 Å². The van der Waals surface area contributed by atoms with E-state index in [-0.39, 0.29) is 12.1 Å². The molecule has 148 valence electrons. The van der Waals surface area contributed by atoms with E-state index in [4.69, 9.17) is 4.74 Å². The average molecular weight is 371 g/mol. The molecule has 2 fully saturated rings. The fourth-order valence-electron chi connectivity index (χ4n) is 4.61. The predicted molar refractivity (Wildman–Crippen MR) is 110 cm³/mol. The summed E-state index contributed by atoms with van der Waals surface area (Å²) in [6.07, 6.45) is 13.1. The molecule has 1 aliphatic heterocycles. The first-order valence-electron chi connectivity index (χ1n) is 10.9. The highest BCUT2D eigenvalue weighted by Gasteiger charge is 2.33. The smallest absolute Gasteiger partial charge is 0.362 e. The van der Waals surface area contributed by atoms with Crippen molar-refractivity contribution in [3.05, 3.63) is 47.5 Å². The van der Waals surface area contributed by atoms with Crippen LogP contribution in [0.3, 0.4) is 0 Å². The van der Waals surface area contributed by atoms with E-state index >= 15 is 0 Å². The topological polar surface area (TPSA) is 26.3 Å². The Labute approximate surface area is 165 Å². The molecule has 27 heavy (non-hydrogen) atoms. The van der Waals surface area contributed by atoms with Gasteiger partial charge in [-0.1, -0.05) is 42.3 Å². The van der Waals surface area contributed by atoms with E-state index in [0.29, 0.717) is 6.54 Å². The summed E-state index contributed by atoms with van der Waals surface area (Å²) < 4.78 is 6.73. The minimum absolute atomic E-state index is 0.0258. The highest BCUT2D eigenvalue weighted by atomic mass is 16.5. The van der Waals surface area contributed by atoms with Gasteiger partial charge in [-0.2, -0.15) is 0 Å². The highest BCUT2D eigenvalue weighted by Crippen LogP contribution is 2.23. The number of hydrogen-bond acceptors (Lipinski definition) is 2. The molecule has 0 N–H and O–H groups in total. The number of ether oxygens (including phenoxy) is 1. The van der Waals surface area contributed by atoms with Crippen LogP contribution in [0, 0.1) is 0 Å². The van der Waals surface area contributed by atoms with Crippen molar-refractivity contribution in [2.24, 2.45) is 0 Å². The van der Waals surface area contributed by atoms with Crippen LogP contribution in [0.2, 0.25) is 0 Å². The number of quaternary nitrogens is 1. The lowest BCUT2D eigenvalue weighted by molar-refractivity contribution is -0.920. The number of esters is 1. The first-order valence-corrected chi connectivity index (χ1v) is 10.9. The standard InChI is InChI=1S/C24H36NO2/c1-21(19-22-11-5-2-6-12-22)15-18-25(16-9-4-10-17-25)20-24(26)27-23-13-7-3-8-14-23/h2,5-6,11-12,15,23H,3-4,7-10,13-14,16-20H2,1H3/q+1/b21-15-. The molecule has 0 bridgehead atoms. The monoisotopic (exact) mass is 370 g/mol. The summed E-state index contributed by atoms with van der Waals surface area (Å²) >= 11 is 0. The van der Waals surface area contributed by atoms with Gasteiger partial charge in [0.25, 0.3) is 0 Å². The lowest BCUT2D eigenvalue weighted by Gasteiger charge is -2.40. The lowest BCUT2D eigenvalue weighted by atomic mass is 9.98. The molecule has 3 heteroatoms. The van der Waals surface area contributed by atoms with Crippen molar-refractivity contribution in [2.45, 2.75) is 70.8 Å². The first kappa shape index (κ1) is 20.1. The quantitative estimate of drug-likeness (QED) is 0.381. The Hall–Kier alpha value is -1.61. The largest absolute Gasteiger partial charge is 0.458 e. The van der Waals surface area contributed by atoms with Gasteiger partial charge in [0.2, 0.25) is 0 Å². The minimum Gasteiger partial charge on any atom is -0.458 e. The molecular formula is C24H36NO2+. The van der Waals surface area contributed by atoms with Gasteiger partial charge in [0.1, 0.15) is 6.10 Å². The number of rotatable bonds is 7. The van der Waals surface area contributed by atoms with Crippen molar-refractivity contribution >= 4 is 5.97 Å². The number of carbonyl (C=O) groups excluding carboxylic acids is 1. The zero-order valence-corrected chi connectivity index (χ0v) is 17.0. The van der Waals surface area contributed by atoms with E-state index in [1.807, 2.05) is 0 Å². The number of allylic oxidation sites excluding steroid dienone is 1. The predicted octanol–water partition coefficient (Wildman–Crippen LogP) is 5.05. The SMILES string of the molecule is C/C(=C/C[N+]1(CC(=O)OC2CCCCC2)CCCCC1)Cc1ccccc1. The number of carbonyl (C=O) groups is 1. The van der Waals surface area contributed by atoms with E-state index in [1.165, 1.54) is 49.7 Å². The third-order valence-electron chi connectivity index (χ3n) is 6.23. The number of hydrogen-bond donors (Lipinski definition) is 0. The van der Waals surface area contributed by atoms with Crippen LogP contribution in [-0.2, 0) is 16.0 Å². The third-order valence-corrected chi connectivity index (χ3v) is 6.23. The Kier molecular flexibility index (Phi) is 7.51. The van der Waals surface area contributed by atoms with Crippen molar-refractivity contribution in [1.29, 1.82) is 0 Å². The van der Waals surface area contributed by atoms with Crippen LogP contribution in [0.5, 0.6) is 0 Å². The number of likely N-dealkylation sites (tertiary alicyclic amines) is 1. The third kappa shape index (κ3) is 6.49. The molecule has 2 aliphatic rings. The van der Waals surface area contributed by atoms with Crippen LogP contribution >= 0.6 is 0 Å². The van der Waals surface area contributed by atoms with Gasteiger partial charge in [-0.25, -0.2) is 4.79 Å². The van der Waals surface area contributed by atoms with Gasteiger partial charge in [0, 0.05) is 0 Å². The maximum Gasteiger partial charge on any atom is 0.362 e. The van der Waals surface area contributed by atoms with Crippen molar-refractivity contribution < 1.29 is 14.0 Å². The number of nitrogens with zero attached hydrogens (tertiary/aromatic N) is 1. The summed E-state index contributed by atoms with van der Waals surface area (Å²) in [5.41, 5.74) is 2.75. The molecule has 3 nitrogen and oxygen atoms in total. The molecule has 1 aromatic rings. The molecule has 1 saturated heterocycles. The van der Waals surface area contributed by atoms with Gasteiger partial charge in [0.05, 0.1) is 19.6 Å². The summed E-state index contributed by atoms with van der Waals surface area (Å²) in [5, 5.41) is 0. The van der Waals surface area contributed by atoms with Gasteiger partial charge < -0.3 is 9.22 Å². The summed E-state index contributed by atoms with van der Waals surface area (Å²) in [7, 11) is 0. The molecule has 0 spiro atoms. The highest BCUT2D eigenvalue weighted by molar-refractivity contribution is 5.70. The lowest BCUT2D eigenvalue weighted by Crippen LogP contribution is -2.55. The second kappa shape index (κ2) is 10.1. The van der Waals surface area contributed by atoms with Crippen molar-refractivity contribution in [2.75, 3.05) is 26.2 Å². The fraction of sp³-hybridized carbons (Fsp3) is 0.625. The molecule has 0 unspecified atom stereocenters. The maximum atomic E-state index is 12.7. The minimum atomic E-state index is 0.0258. The Morgan fingerprint density at radius 1 is 1.04 bits per heavy atom. The molecule has 1 heterocycles. The van der Waals surface area contributed by atoms with Crippen molar-refractivity contribution in [1.82, 2.24) is 0 Å². The molecule has 1 aromatic carbocycles. The fourth-order valence-corrected chi connectivity index (χ4v) is 4.61. The van der Waals surface area contributed by atoms with Gasteiger partial charge in [-0.15, -0.1) is 0 Å². The van der Waals surface area contributed by atoms with E-state index in [2.05, 4.69) is 43.3 Å². The van der Waals surface area contributed by atoms with Gasteiger partial charge in [-0.3, -0.25) is 0 Å². The van der Waals surface area contributed by atoms with Crippen LogP contribution in [0.15, 0.2) is 42.0 Å². The summed E-state index contributed by atoms with van der Waals surface area (Å²) in [4.78, 5) is 12.7. The zero-order valence-electron chi connectivity index (χ0n) is 17.0. The molecular weight excluding hydrogens is 334 g/mol. The summed E-state index contributed by atoms with van der Waals surface area (Å²) in [6.45, 7) is 5.93. The molecule has 0 aromatic heterocycles. The van der Waals surface area contributed by atoms with Crippen LogP contribution < -0.4 is 0 Å². The van der Waals surface area contributed by atoms with Gasteiger partial charge >= 0.3 is 5.97 Å². The van der Waals surface area contributed by atoms with E-state index in [0.717, 1.165) is 43.4 Å². The second-order valence-corrected chi connectivity index (χ2v) is 8.65. The van der Waals surface area contributed by atoms with E-state index < -0.39 is 0 Å².